The third-order valence-electron chi connectivity index (χ3n) is 6.19. The molecule has 0 bridgehead atoms. The lowest BCUT2D eigenvalue weighted by atomic mass is 10.2. The smallest absolute Gasteiger partial charge is 0.246 e. The molecule has 1 unspecified atom stereocenters. The van der Waals surface area contributed by atoms with E-state index >= 15 is 0 Å². The lowest BCUT2D eigenvalue weighted by molar-refractivity contribution is -0.135. The van der Waals surface area contributed by atoms with E-state index in [-0.39, 0.29) is 11.8 Å². The van der Waals surface area contributed by atoms with Gasteiger partial charge in [0, 0.05) is 65.4 Å². The van der Waals surface area contributed by atoms with Gasteiger partial charge in [-0.1, -0.05) is 24.8 Å². The summed E-state index contributed by atoms with van der Waals surface area (Å²) in [6, 6.07) is -0.557. The fourth-order valence-corrected chi connectivity index (χ4v) is 3.63. The topological polar surface area (TPSA) is 115 Å². The van der Waals surface area contributed by atoms with E-state index in [1.54, 1.807) is 26.2 Å². The number of aromatic nitrogens is 2. The van der Waals surface area contributed by atoms with Gasteiger partial charge in [0.15, 0.2) is 0 Å². The van der Waals surface area contributed by atoms with Crippen molar-refractivity contribution in [3.8, 4) is 11.8 Å². The molecule has 2 amide bonds. The van der Waals surface area contributed by atoms with Crippen molar-refractivity contribution in [1.29, 1.82) is 0 Å². The van der Waals surface area contributed by atoms with Crippen LogP contribution in [-0.2, 0) is 14.3 Å². The van der Waals surface area contributed by atoms with Crippen molar-refractivity contribution < 1.29 is 14.3 Å². The van der Waals surface area contributed by atoms with E-state index in [1.807, 2.05) is 19.0 Å². The summed E-state index contributed by atoms with van der Waals surface area (Å²) in [4.78, 5) is 39.5. The summed E-state index contributed by atoms with van der Waals surface area (Å²) in [6.07, 6.45) is 7.32. The first-order chi connectivity index (χ1) is 18.8. The Balaban J connectivity index is 1.79. The standard InChI is InChI=1S/C28H46N8O3/c1-6-13-29-26-24(22-32-28(33-26)31-15-17-36-18-20-39-21-19-36)11-8-7-9-14-30-27(38)23(2)35(5)25(37)12-10-16-34(3)4/h10,12,22-23H,6-7,9,13-21H2,1-5H3,(H,30,38)(H2,29,31,32,33)/b12-10+. The van der Waals surface area contributed by atoms with Gasteiger partial charge in [0.05, 0.1) is 25.0 Å². The van der Waals surface area contributed by atoms with Crippen LogP contribution in [0.15, 0.2) is 18.3 Å². The number of morpholine rings is 1. The first-order valence-corrected chi connectivity index (χ1v) is 13.8. The van der Waals surface area contributed by atoms with Crippen LogP contribution in [0, 0.1) is 11.8 Å². The molecule has 1 atom stereocenters. The second-order valence-electron chi connectivity index (χ2n) is 9.75. The minimum Gasteiger partial charge on any atom is -0.379 e. The molecule has 216 valence electrons. The van der Waals surface area contributed by atoms with Gasteiger partial charge in [0.2, 0.25) is 17.8 Å². The molecule has 1 aliphatic heterocycles. The van der Waals surface area contributed by atoms with E-state index < -0.39 is 6.04 Å². The molecule has 3 N–H and O–H groups in total. The number of carbonyl (C=O) groups excluding carboxylic acids is 2. The third-order valence-corrected chi connectivity index (χ3v) is 6.19. The molecule has 11 heteroatoms. The normalized spacial score (nSPS) is 14.5. The largest absolute Gasteiger partial charge is 0.379 e. The Morgan fingerprint density at radius 2 is 1.95 bits per heavy atom. The molecule has 11 nitrogen and oxygen atoms in total. The minimum absolute atomic E-state index is 0.184. The predicted octanol–water partition coefficient (Wildman–Crippen LogP) is 1.26. The summed E-state index contributed by atoms with van der Waals surface area (Å²) in [6.45, 7) is 10.9. The van der Waals surface area contributed by atoms with Crippen molar-refractivity contribution in [3.63, 3.8) is 0 Å². The van der Waals surface area contributed by atoms with E-state index in [2.05, 4.69) is 49.6 Å². The zero-order valence-electron chi connectivity index (χ0n) is 24.3. The van der Waals surface area contributed by atoms with E-state index in [9.17, 15) is 9.59 Å². The Morgan fingerprint density at radius 1 is 1.18 bits per heavy atom. The molecule has 1 aromatic rings. The molecule has 0 aliphatic carbocycles. The summed E-state index contributed by atoms with van der Waals surface area (Å²) >= 11 is 0. The Kier molecular flexibility index (Phi) is 14.9. The number of unbranched alkanes of at least 4 members (excludes halogenated alkanes) is 1. The highest BCUT2D eigenvalue weighted by Crippen LogP contribution is 2.13. The number of nitrogens with one attached hydrogen (secondary N) is 3. The molecule has 1 aliphatic rings. The molecule has 1 aromatic heterocycles. The van der Waals surface area contributed by atoms with E-state index in [0.717, 1.165) is 63.7 Å². The summed E-state index contributed by atoms with van der Waals surface area (Å²) in [7, 11) is 5.49. The van der Waals surface area contributed by atoms with Gasteiger partial charge in [-0.25, -0.2) is 4.98 Å². The van der Waals surface area contributed by atoms with Crippen LogP contribution in [0.5, 0.6) is 0 Å². The first-order valence-electron chi connectivity index (χ1n) is 13.8. The number of likely N-dealkylation sites (N-methyl/N-ethyl adjacent to an activating group) is 2. The molecular formula is C28H46N8O3. The van der Waals surface area contributed by atoms with Crippen LogP contribution in [0.3, 0.4) is 0 Å². The van der Waals surface area contributed by atoms with Crippen molar-refractivity contribution in [2.24, 2.45) is 0 Å². The average Bonchev–Trinajstić information content (AvgIpc) is 2.93. The third kappa shape index (κ3) is 12.5. The van der Waals surface area contributed by atoms with Crippen molar-refractivity contribution in [3.05, 3.63) is 23.9 Å². The quantitative estimate of drug-likeness (QED) is 0.171. The number of amides is 2. The second-order valence-corrected chi connectivity index (χ2v) is 9.75. The van der Waals surface area contributed by atoms with E-state index in [0.29, 0.717) is 31.9 Å². The summed E-state index contributed by atoms with van der Waals surface area (Å²) < 4.78 is 5.39. The van der Waals surface area contributed by atoms with Gasteiger partial charge < -0.3 is 30.5 Å². The number of carbonyl (C=O) groups is 2. The van der Waals surface area contributed by atoms with Gasteiger partial charge in [0.25, 0.3) is 0 Å². The summed E-state index contributed by atoms with van der Waals surface area (Å²) in [5, 5.41) is 9.54. The SMILES string of the molecule is CCCNc1nc(NCCN2CCOCC2)ncc1C#CCCCNC(=O)C(C)N(C)C(=O)/C=C/CN(C)C. The maximum Gasteiger partial charge on any atom is 0.246 e. The maximum absolute atomic E-state index is 12.5. The van der Waals surface area contributed by atoms with Crippen molar-refractivity contribution >= 4 is 23.6 Å². The Hall–Kier alpha value is -3.20. The van der Waals surface area contributed by atoms with Crippen LogP contribution in [0.1, 0.15) is 38.7 Å². The fraction of sp³-hybridized carbons (Fsp3) is 0.643. The number of anilines is 2. The molecule has 0 saturated carbocycles. The zero-order chi connectivity index (χ0) is 28.5. The molecule has 0 radical (unpaired) electrons. The van der Waals surface area contributed by atoms with Crippen LogP contribution >= 0.6 is 0 Å². The van der Waals surface area contributed by atoms with Crippen molar-refractivity contribution in [2.75, 3.05) is 90.8 Å². The lowest BCUT2D eigenvalue weighted by Crippen LogP contribution is -2.45. The fourth-order valence-electron chi connectivity index (χ4n) is 3.63. The van der Waals surface area contributed by atoms with E-state index in [4.69, 9.17) is 4.74 Å². The zero-order valence-corrected chi connectivity index (χ0v) is 24.3. The first kappa shape index (κ1) is 32.0. The van der Waals surface area contributed by atoms with Gasteiger partial charge in [-0.2, -0.15) is 4.98 Å². The number of nitrogens with zero attached hydrogens (tertiary/aromatic N) is 5. The monoisotopic (exact) mass is 542 g/mol. The van der Waals surface area contributed by atoms with Gasteiger partial charge in [-0.05, 0) is 33.9 Å². The van der Waals surface area contributed by atoms with Crippen molar-refractivity contribution in [2.45, 2.75) is 39.2 Å². The van der Waals surface area contributed by atoms with Crippen molar-refractivity contribution in [1.82, 2.24) is 30.0 Å². The molecule has 1 fully saturated rings. The molecule has 2 rings (SSSR count). The highest BCUT2D eigenvalue weighted by molar-refractivity contribution is 5.92. The number of ether oxygens (including phenoxy) is 1. The van der Waals surface area contributed by atoms with Crippen LogP contribution < -0.4 is 16.0 Å². The molecule has 2 heterocycles. The Morgan fingerprint density at radius 3 is 2.67 bits per heavy atom. The Bertz CT molecular complexity index is 983. The number of hydrogen-bond acceptors (Lipinski definition) is 9. The average molecular weight is 543 g/mol. The Labute approximate surface area is 233 Å². The predicted molar refractivity (Wildman–Crippen MR) is 156 cm³/mol. The molecule has 1 saturated heterocycles. The highest BCUT2D eigenvalue weighted by Gasteiger charge is 2.20. The van der Waals surface area contributed by atoms with Crippen LogP contribution in [0.4, 0.5) is 11.8 Å². The van der Waals surface area contributed by atoms with Gasteiger partial charge in [-0.15, -0.1) is 0 Å². The molecule has 39 heavy (non-hydrogen) atoms. The second kappa shape index (κ2) is 18.2. The minimum atomic E-state index is -0.557. The van der Waals surface area contributed by atoms with E-state index in [1.165, 1.54) is 11.0 Å². The van der Waals surface area contributed by atoms with Crippen LogP contribution in [-0.4, -0.2) is 123 Å². The highest BCUT2D eigenvalue weighted by atomic mass is 16.5. The number of rotatable bonds is 15. The van der Waals surface area contributed by atoms with Crippen LogP contribution in [0.2, 0.25) is 0 Å². The summed E-state index contributed by atoms with van der Waals surface area (Å²) in [5.74, 6) is 7.26. The maximum atomic E-state index is 12.5. The van der Waals surface area contributed by atoms with Gasteiger partial charge in [0.1, 0.15) is 11.9 Å². The molecular weight excluding hydrogens is 496 g/mol. The van der Waals surface area contributed by atoms with Gasteiger partial charge in [-0.3, -0.25) is 14.5 Å². The van der Waals surface area contributed by atoms with Gasteiger partial charge >= 0.3 is 0 Å². The molecule has 0 spiro atoms. The molecule has 0 aromatic carbocycles. The lowest BCUT2D eigenvalue weighted by Gasteiger charge is -2.26. The summed E-state index contributed by atoms with van der Waals surface area (Å²) in [5.41, 5.74) is 0.752. The number of hydrogen-bond donors (Lipinski definition) is 3. The van der Waals surface area contributed by atoms with Crippen LogP contribution in [0.25, 0.3) is 0 Å².